The second-order valence-corrected chi connectivity index (χ2v) is 6.28. The third-order valence-electron chi connectivity index (χ3n) is 3.98. The van der Waals surface area contributed by atoms with Gasteiger partial charge in [0.25, 0.3) is 5.91 Å². The van der Waals surface area contributed by atoms with Crippen LogP contribution in [0, 0.1) is 26.0 Å². The molecular weight excluding hydrogens is 347 g/mol. The molecule has 0 radical (unpaired) electrons. The van der Waals surface area contributed by atoms with Crippen LogP contribution in [0.5, 0.6) is 0 Å². The molecule has 2 rings (SSSR count). The van der Waals surface area contributed by atoms with Crippen molar-refractivity contribution in [2.75, 3.05) is 5.32 Å². The number of carbonyl (C=O) groups is 1. The Balaban J connectivity index is 2.53. The molecule has 24 heavy (non-hydrogen) atoms. The molecule has 126 valence electrons. The molecule has 4 nitrogen and oxygen atoms in total. The Bertz CT molecular complexity index is 832. The van der Waals surface area contributed by atoms with E-state index >= 15 is 0 Å². The maximum absolute atomic E-state index is 12.7. The molecule has 1 heterocycles. The van der Waals surface area contributed by atoms with Gasteiger partial charge in [-0.1, -0.05) is 35.3 Å². The molecule has 1 amide bonds. The molecule has 0 saturated carbocycles. The van der Waals surface area contributed by atoms with E-state index < -0.39 is 5.91 Å². The Morgan fingerprint density at radius 2 is 1.96 bits per heavy atom. The highest BCUT2D eigenvalue weighted by Crippen LogP contribution is 2.28. The molecule has 6 heteroatoms. The minimum atomic E-state index is -0.447. The first-order valence-corrected chi connectivity index (χ1v) is 8.13. The molecule has 0 unspecified atom stereocenters. The molecular formula is C18H18Cl2N2O2. The SMILES string of the molecule is C=CCc1c(Cl)c(C(=O)Nc2cccc(Cl)c2C)c(C)[n+]([O-])c1C. The molecule has 2 aromatic rings. The van der Waals surface area contributed by atoms with Crippen molar-refractivity contribution < 1.29 is 9.52 Å². The van der Waals surface area contributed by atoms with Gasteiger partial charge in [0.15, 0.2) is 5.69 Å². The van der Waals surface area contributed by atoms with Crippen molar-refractivity contribution in [1.29, 1.82) is 0 Å². The molecule has 1 aromatic heterocycles. The van der Waals surface area contributed by atoms with Gasteiger partial charge in [0.1, 0.15) is 5.56 Å². The number of anilines is 1. The van der Waals surface area contributed by atoms with E-state index in [0.717, 1.165) is 10.3 Å². The summed E-state index contributed by atoms with van der Waals surface area (Å²) in [7, 11) is 0. The monoisotopic (exact) mass is 364 g/mol. The zero-order valence-electron chi connectivity index (χ0n) is 13.7. The summed E-state index contributed by atoms with van der Waals surface area (Å²) in [6.07, 6.45) is 2.05. The predicted molar refractivity (Wildman–Crippen MR) is 97.9 cm³/mol. The fourth-order valence-corrected chi connectivity index (χ4v) is 3.13. The smallest absolute Gasteiger partial charge is 0.263 e. The van der Waals surface area contributed by atoms with Crippen molar-refractivity contribution >= 4 is 34.8 Å². The normalized spacial score (nSPS) is 10.5. The molecule has 1 aromatic carbocycles. The summed E-state index contributed by atoms with van der Waals surface area (Å²) in [5, 5.41) is 15.9. The first kappa shape index (κ1) is 18.3. The Kier molecular flexibility index (Phi) is 5.52. The number of amides is 1. The number of nitrogens with one attached hydrogen (secondary N) is 1. The van der Waals surface area contributed by atoms with Crippen molar-refractivity contribution in [1.82, 2.24) is 0 Å². The van der Waals surface area contributed by atoms with Gasteiger partial charge in [0, 0.05) is 30.1 Å². The van der Waals surface area contributed by atoms with E-state index in [0.29, 0.717) is 28.4 Å². The van der Waals surface area contributed by atoms with Crippen LogP contribution in [0.2, 0.25) is 10.0 Å². The van der Waals surface area contributed by atoms with Gasteiger partial charge in [0.05, 0.1) is 5.02 Å². The van der Waals surface area contributed by atoms with Crippen molar-refractivity contribution in [3.63, 3.8) is 0 Å². The number of benzene rings is 1. The number of halogens is 2. The Morgan fingerprint density at radius 3 is 2.58 bits per heavy atom. The van der Waals surface area contributed by atoms with E-state index in [2.05, 4.69) is 11.9 Å². The maximum atomic E-state index is 12.7. The summed E-state index contributed by atoms with van der Waals surface area (Å²) < 4.78 is 0.727. The molecule has 0 aliphatic carbocycles. The van der Waals surface area contributed by atoms with Crippen molar-refractivity contribution in [2.45, 2.75) is 27.2 Å². The van der Waals surface area contributed by atoms with Gasteiger partial charge in [-0.05, 0) is 31.0 Å². The molecule has 0 saturated heterocycles. The number of hydrogen-bond acceptors (Lipinski definition) is 2. The van der Waals surface area contributed by atoms with Crippen LogP contribution in [0.3, 0.4) is 0 Å². The molecule has 0 aliphatic heterocycles. The maximum Gasteiger partial charge on any atom is 0.263 e. The number of rotatable bonds is 4. The number of pyridine rings is 1. The molecule has 0 fully saturated rings. The fourth-order valence-electron chi connectivity index (χ4n) is 2.52. The van der Waals surface area contributed by atoms with E-state index in [9.17, 15) is 10.0 Å². The van der Waals surface area contributed by atoms with Crippen molar-refractivity contribution in [3.05, 3.63) is 74.2 Å². The highest BCUT2D eigenvalue weighted by Gasteiger charge is 2.26. The minimum absolute atomic E-state index is 0.161. The summed E-state index contributed by atoms with van der Waals surface area (Å²) in [6.45, 7) is 8.72. The lowest BCUT2D eigenvalue weighted by Crippen LogP contribution is -2.38. The quantitative estimate of drug-likeness (QED) is 0.492. The third-order valence-corrected chi connectivity index (χ3v) is 4.81. The summed E-state index contributed by atoms with van der Waals surface area (Å²) in [5.41, 5.74) is 2.80. The van der Waals surface area contributed by atoms with E-state index in [1.165, 1.54) is 0 Å². The standard InChI is InChI=1S/C18H18Cl2N2O2/c1-5-7-13-11(3)22(24)12(4)16(17(13)20)18(23)21-15-9-6-8-14(19)10(15)2/h5-6,8-9H,1,7H2,2-4H3,(H,21,23). The van der Waals surface area contributed by atoms with Crippen molar-refractivity contribution in [3.8, 4) is 0 Å². The average Bonchev–Trinajstić information content (AvgIpc) is 2.54. The van der Waals surface area contributed by atoms with Gasteiger partial charge in [-0.15, -0.1) is 6.58 Å². The van der Waals surface area contributed by atoms with Crippen LogP contribution in [0.4, 0.5) is 5.69 Å². The van der Waals surface area contributed by atoms with E-state index in [1.54, 1.807) is 45.0 Å². The van der Waals surface area contributed by atoms with Crippen LogP contribution >= 0.6 is 23.2 Å². The second-order valence-electron chi connectivity index (χ2n) is 5.49. The second kappa shape index (κ2) is 7.24. The minimum Gasteiger partial charge on any atom is -0.618 e. The number of carbonyl (C=O) groups excluding carboxylic acids is 1. The average molecular weight is 365 g/mol. The Hall–Kier alpha value is -2.04. The lowest BCUT2D eigenvalue weighted by Gasteiger charge is -2.16. The first-order chi connectivity index (χ1) is 11.3. The van der Waals surface area contributed by atoms with Gasteiger partial charge in [0.2, 0.25) is 5.69 Å². The largest absolute Gasteiger partial charge is 0.618 e. The molecule has 0 atom stereocenters. The van der Waals surface area contributed by atoms with Crippen LogP contribution in [-0.2, 0) is 6.42 Å². The number of allylic oxidation sites excluding steroid dienone is 1. The number of hydrogen-bond donors (Lipinski definition) is 1. The molecule has 0 aliphatic rings. The zero-order valence-corrected chi connectivity index (χ0v) is 15.3. The van der Waals surface area contributed by atoms with Gasteiger partial charge in [-0.3, -0.25) is 4.79 Å². The van der Waals surface area contributed by atoms with Gasteiger partial charge in [-0.2, -0.15) is 4.73 Å². The molecule has 0 spiro atoms. The highest BCUT2D eigenvalue weighted by molar-refractivity contribution is 6.35. The van der Waals surface area contributed by atoms with Crippen LogP contribution in [0.25, 0.3) is 0 Å². The Morgan fingerprint density at radius 1 is 1.29 bits per heavy atom. The molecule has 0 bridgehead atoms. The topological polar surface area (TPSA) is 56.0 Å². The lowest BCUT2D eigenvalue weighted by atomic mass is 10.0. The van der Waals surface area contributed by atoms with Crippen LogP contribution < -0.4 is 10.0 Å². The van der Waals surface area contributed by atoms with Gasteiger partial charge < -0.3 is 10.5 Å². The number of aromatic nitrogens is 1. The van der Waals surface area contributed by atoms with Crippen LogP contribution in [-0.4, -0.2) is 5.91 Å². The summed E-state index contributed by atoms with van der Waals surface area (Å²) in [6, 6.07) is 5.22. The predicted octanol–water partition coefficient (Wildman–Crippen LogP) is 4.53. The first-order valence-electron chi connectivity index (χ1n) is 7.38. The van der Waals surface area contributed by atoms with Crippen LogP contribution in [0.15, 0.2) is 30.9 Å². The van der Waals surface area contributed by atoms with Gasteiger partial charge >= 0.3 is 0 Å². The summed E-state index contributed by atoms with van der Waals surface area (Å²) in [4.78, 5) is 12.7. The van der Waals surface area contributed by atoms with Crippen molar-refractivity contribution in [2.24, 2.45) is 0 Å². The van der Waals surface area contributed by atoms with Gasteiger partial charge in [-0.25, -0.2) is 0 Å². The number of nitrogens with zero attached hydrogens (tertiary/aromatic N) is 1. The third kappa shape index (κ3) is 3.25. The fraction of sp³-hybridized carbons (Fsp3) is 0.222. The van der Waals surface area contributed by atoms with E-state index in [4.69, 9.17) is 23.2 Å². The summed E-state index contributed by atoms with van der Waals surface area (Å²) >= 11 is 12.5. The highest BCUT2D eigenvalue weighted by atomic mass is 35.5. The lowest BCUT2D eigenvalue weighted by molar-refractivity contribution is -0.619. The van der Waals surface area contributed by atoms with E-state index in [1.807, 2.05) is 0 Å². The zero-order chi connectivity index (χ0) is 18.0. The van der Waals surface area contributed by atoms with Crippen LogP contribution in [0.1, 0.15) is 32.9 Å². The summed E-state index contributed by atoms with van der Waals surface area (Å²) in [5.74, 6) is -0.447. The molecule has 1 N–H and O–H groups in total. The Labute approximate surface area is 151 Å². The van der Waals surface area contributed by atoms with E-state index in [-0.39, 0.29) is 16.3 Å².